The van der Waals surface area contributed by atoms with Gasteiger partial charge < -0.3 is 18.8 Å². The minimum Gasteiger partial charge on any atom is -0.361 e. The fraction of sp³-hybridized carbons (Fsp3) is 0.429. The Morgan fingerprint density at radius 3 is 2.65 bits per heavy atom. The first-order valence-electron chi connectivity index (χ1n) is 10.1. The van der Waals surface area contributed by atoms with E-state index in [4.69, 9.17) is 9.05 Å². The summed E-state index contributed by atoms with van der Waals surface area (Å²) in [5.74, 6) is 1.17. The van der Waals surface area contributed by atoms with Gasteiger partial charge in [0.15, 0.2) is 5.82 Å². The summed E-state index contributed by atoms with van der Waals surface area (Å²) in [4.78, 5) is 38.2. The van der Waals surface area contributed by atoms with Crippen molar-refractivity contribution in [2.45, 2.75) is 39.7 Å². The molecule has 3 aromatic heterocycles. The third-order valence-corrected chi connectivity index (χ3v) is 5.46. The number of carbonyl (C=O) groups excluding carboxylic acids is 2. The molecule has 1 aliphatic rings. The van der Waals surface area contributed by atoms with Crippen molar-refractivity contribution in [1.82, 2.24) is 30.1 Å². The lowest BCUT2D eigenvalue weighted by molar-refractivity contribution is -0.130. The Labute approximate surface area is 179 Å². The molecule has 0 N–H and O–H groups in total. The molecule has 0 radical (unpaired) electrons. The summed E-state index contributed by atoms with van der Waals surface area (Å²) in [6.07, 6.45) is 3.97. The van der Waals surface area contributed by atoms with Crippen LogP contribution in [-0.4, -0.2) is 61.5 Å². The van der Waals surface area contributed by atoms with E-state index < -0.39 is 6.04 Å². The van der Waals surface area contributed by atoms with Crippen molar-refractivity contribution >= 4 is 11.8 Å². The predicted octanol–water partition coefficient (Wildman–Crippen LogP) is 2.04. The second-order valence-electron chi connectivity index (χ2n) is 7.61. The van der Waals surface area contributed by atoms with Crippen LogP contribution in [0.3, 0.4) is 0 Å². The zero-order valence-electron chi connectivity index (χ0n) is 17.7. The Morgan fingerprint density at radius 1 is 1.16 bits per heavy atom. The molecule has 1 aliphatic heterocycles. The molecule has 1 unspecified atom stereocenters. The lowest BCUT2D eigenvalue weighted by atomic mass is 10.1. The summed E-state index contributed by atoms with van der Waals surface area (Å²) in [6, 6.07) is 2.89. The Hall–Kier alpha value is -3.56. The second kappa shape index (κ2) is 8.66. The Balaban J connectivity index is 1.61. The van der Waals surface area contributed by atoms with Gasteiger partial charge in [0.2, 0.25) is 5.91 Å². The summed E-state index contributed by atoms with van der Waals surface area (Å²) in [5.41, 5.74) is 1.97. The Bertz CT molecular complexity index is 1060. The van der Waals surface area contributed by atoms with Crippen molar-refractivity contribution in [1.29, 1.82) is 0 Å². The number of amides is 2. The largest absolute Gasteiger partial charge is 0.361 e. The highest BCUT2D eigenvalue weighted by atomic mass is 16.5. The van der Waals surface area contributed by atoms with Gasteiger partial charge in [0, 0.05) is 31.0 Å². The molecule has 3 aromatic rings. The lowest BCUT2D eigenvalue weighted by Crippen LogP contribution is -2.41. The van der Waals surface area contributed by atoms with Crippen molar-refractivity contribution in [2.24, 2.45) is 0 Å². The molecule has 31 heavy (non-hydrogen) atoms. The highest BCUT2D eigenvalue weighted by molar-refractivity contribution is 5.94. The van der Waals surface area contributed by atoms with Crippen LogP contribution in [0.5, 0.6) is 0 Å². The molecular weight excluding hydrogens is 400 g/mol. The van der Waals surface area contributed by atoms with Gasteiger partial charge in [0.1, 0.15) is 11.8 Å². The summed E-state index contributed by atoms with van der Waals surface area (Å²) in [5, 5.41) is 7.81. The average molecular weight is 424 g/mol. The monoisotopic (exact) mass is 424 g/mol. The van der Waals surface area contributed by atoms with Gasteiger partial charge in [-0.1, -0.05) is 10.3 Å². The van der Waals surface area contributed by atoms with Crippen LogP contribution >= 0.6 is 0 Å². The van der Waals surface area contributed by atoms with Gasteiger partial charge >= 0.3 is 0 Å². The molecule has 4 rings (SSSR count). The SMILES string of the molecule is Cc1noc(C2CN(C(=O)Cc3c(C)noc3C)CCCN2C(=O)c2cccnc2)n1. The van der Waals surface area contributed by atoms with E-state index in [1.807, 2.05) is 6.92 Å². The van der Waals surface area contributed by atoms with Crippen LogP contribution in [0.2, 0.25) is 0 Å². The quantitative estimate of drug-likeness (QED) is 0.624. The fourth-order valence-corrected chi connectivity index (χ4v) is 3.79. The van der Waals surface area contributed by atoms with E-state index in [0.717, 1.165) is 5.56 Å². The molecule has 1 fully saturated rings. The highest BCUT2D eigenvalue weighted by Gasteiger charge is 2.35. The van der Waals surface area contributed by atoms with Crippen molar-refractivity contribution in [3.8, 4) is 0 Å². The molecule has 10 nitrogen and oxygen atoms in total. The third kappa shape index (κ3) is 4.32. The first-order chi connectivity index (χ1) is 14.9. The van der Waals surface area contributed by atoms with Crippen molar-refractivity contribution in [2.75, 3.05) is 19.6 Å². The molecule has 162 valence electrons. The number of nitrogens with zero attached hydrogens (tertiary/aromatic N) is 6. The smallest absolute Gasteiger partial charge is 0.256 e. The Morgan fingerprint density at radius 2 is 2.00 bits per heavy atom. The van der Waals surface area contributed by atoms with Crippen LogP contribution < -0.4 is 0 Å². The van der Waals surface area contributed by atoms with Gasteiger partial charge in [-0.25, -0.2) is 0 Å². The van der Waals surface area contributed by atoms with Gasteiger partial charge in [0.05, 0.1) is 24.2 Å². The molecule has 0 aromatic carbocycles. The maximum atomic E-state index is 13.2. The fourth-order valence-electron chi connectivity index (χ4n) is 3.79. The maximum Gasteiger partial charge on any atom is 0.256 e. The highest BCUT2D eigenvalue weighted by Crippen LogP contribution is 2.26. The van der Waals surface area contributed by atoms with Gasteiger partial charge in [-0.3, -0.25) is 14.6 Å². The molecule has 0 aliphatic carbocycles. The molecule has 0 saturated carbocycles. The number of aryl methyl sites for hydroxylation is 3. The average Bonchev–Trinajstić information content (AvgIpc) is 3.25. The maximum absolute atomic E-state index is 13.2. The molecular formula is C21H24N6O4. The Kier molecular flexibility index (Phi) is 5.79. The molecule has 0 bridgehead atoms. The summed E-state index contributed by atoms with van der Waals surface area (Å²) in [7, 11) is 0. The number of pyridine rings is 1. The number of hydrogen-bond donors (Lipinski definition) is 0. The minimum atomic E-state index is -0.551. The van der Waals surface area contributed by atoms with Crippen LogP contribution in [0.25, 0.3) is 0 Å². The molecule has 1 atom stereocenters. The van der Waals surface area contributed by atoms with E-state index in [0.29, 0.717) is 48.2 Å². The second-order valence-corrected chi connectivity index (χ2v) is 7.61. The van der Waals surface area contributed by atoms with Crippen LogP contribution in [0.4, 0.5) is 0 Å². The van der Waals surface area contributed by atoms with E-state index in [9.17, 15) is 9.59 Å². The van der Waals surface area contributed by atoms with Crippen molar-refractivity contribution in [3.05, 3.63) is 58.8 Å². The van der Waals surface area contributed by atoms with Gasteiger partial charge in [-0.05, 0) is 39.3 Å². The van der Waals surface area contributed by atoms with E-state index in [1.54, 1.807) is 42.0 Å². The number of hydrogen-bond acceptors (Lipinski definition) is 8. The topological polar surface area (TPSA) is 118 Å². The summed E-state index contributed by atoms with van der Waals surface area (Å²) in [6.45, 7) is 6.56. The molecule has 10 heteroatoms. The minimum absolute atomic E-state index is 0.0636. The van der Waals surface area contributed by atoms with Crippen molar-refractivity contribution < 1.29 is 18.6 Å². The standard InChI is InChI=1S/C21H24N6O4/c1-13-17(14(2)30-24-13)10-19(28)26-8-5-9-27(21(29)16-6-4-7-22-11-16)18(12-26)20-23-15(3)25-31-20/h4,6-7,11,18H,5,8-10,12H2,1-3H3. The zero-order chi connectivity index (χ0) is 22.0. The summed E-state index contributed by atoms with van der Waals surface area (Å²) < 4.78 is 10.6. The van der Waals surface area contributed by atoms with E-state index in [1.165, 1.54) is 6.20 Å². The molecule has 4 heterocycles. The predicted molar refractivity (Wildman–Crippen MR) is 108 cm³/mol. The van der Waals surface area contributed by atoms with Gasteiger partial charge in [-0.15, -0.1) is 0 Å². The van der Waals surface area contributed by atoms with Gasteiger partial charge in [0.25, 0.3) is 11.8 Å². The molecule has 1 saturated heterocycles. The van der Waals surface area contributed by atoms with E-state index in [-0.39, 0.29) is 24.8 Å². The van der Waals surface area contributed by atoms with Crippen LogP contribution in [0.1, 0.15) is 51.6 Å². The normalized spacial score (nSPS) is 16.9. The van der Waals surface area contributed by atoms with E-state index in [2.05, 4.69) is 20.3 Å². The zero-order valence-corrected chi connectivity index (χ0v) is 17.7. The first kappa shape index (κ1) is 20.7. The summed E-state index contributed by atoms with van der Waals surface area (Å²) >= 11 is 0. The van der Waals surface area contributed by atoms with Crippen molar-refractivity contribution in [3.63, 3.8) is 0 Å². The van der Waals surface area contributed by atoms with Crippen LogP contribution in [0, 0.1) is 20.8 Å². The number of aromatic nitrogens is 4. The van der Waals surface area contributed by atoms with Crippen LogP contribution in [-0.2, 0) is 11.2 Å². The molecule has 2 amide bonds. The third-order valence-electron chi connectivity index (χ3n) is 5.46. The number of carbonyl (C=O) groups is 2. The van der Waals surface area contributed by atoms with Gasteiger partial charge in [-0.2, -0.15) is 4.98 Å². The van der Waals surface area contributed by atoms with Crippen LogP contribution in [0.15, 0.2) is 33.6 Å². The van der Waals surface area contributed by atoms with E-state index >= 15 is 0 Å². The first-order valence-corrected chi connectivity index (χ1v) is 10.1. The lowest BCUT2D eigenvalue weighted by Gasteiger charge is -2.29. The number of rotatable bonds is 4. The molecule has 0 spiro atoms.